The average Bonchev–Trinajstić information content (AvgIpc) is 2.36. The molecule has 0 bridgehead atoms. The van der Waals surface area contributed by atoms with Crippen LogP contribution in [0.4, 0.5) is 8.78 Å². The van der Waals surface area contributed by atoms with Crippen LogP contribution in [0.1, 0.15) is 0 Å². The predicted molar refractivity (Wildman–Crippen MR) is 59.3 cm³/mol. The van der Waals surface area contributed by atoms with Crippen LogP contribution in [0.3, 0.4) is 0 Å². The van der Waals surface area contributed by atoms with Gasteiger partial charge in [-0.05, 0) is 0 Å². The summed E-state index contributed by atoms with van der Waals surface area (Å²) in [7, 11) is 3.92. The zero-order valence-electron chi connectivity index (χ0n) is 10.4. The molecule has 0 aliphatic heterocycles. The number of methoxy groups -OCH3 is 3. The van der Waals surface area contributed by atoms with Gasteiger partial charge in [-0.1, -0.05) is 0 Å². The van der Waals surface area contributed by atoms with Crippen molar-refractivity contribution in [2.45, 2.75) is 6.11 Å². The second kappa shape index (κ2) is 5.59. The molecule has 1 aromatic rings. The van der Waals surface area contributed by atoms with Gasteiger partial charge in [-0.15, -0.1) is 0 Å². The Morgan fingerprint density at radius 1 is 1.11 bits per heavy atom. The minimum Gasteiger partial charge on any atom is -0.493 e. The fourth-order valence-electron chi connectivity index (χ4n) is 1.31. The van der Waals surface area contributed by atoms with E-state index in [9.17, 15) is 13.6 Å². The molecule has 8 heteroatoms. The molecule has 0 atom stereocenters. The van der Waals surface area contributed by atoms with Crippen molar-refractivity contribution in [3.05, 3.63) is 12.1 Å². The molecule has 1 aromatic carbocycles. The standard InChI is InChI=1S/C11H12F2O6/c1-16-7-4-6(19-11(12,13)10(14)15)5-8(17-2)9(7)18-3/h4-5H,1-3H3,(H,14,15). The highest BCUT2D eigenvalue weighted by Crippen LogP contribution is 2.41. The Labute approximate surface area is 107 Å². The minimum atomic E-state index is -4.36. The van der Waals surface area contributed by atoms with Crippen LogP contribution in [0.15, 0.2) is 12.1 Å². The molecular weight excluding hydrogens is 266 g/mol. The van der Waals surface area contributed by atoms with E-state index in [-0.39, 0.29) is 17.2 Å². The van der Waals surface area contributed by atoms with Crippen LogP contribution in [0.25, 0.3) is 0 Å². The van der Waals surface area contributed by atoms with Gasteiger partial charge in [0.15, 0.2) is 11.5 Å². The highest BCUT2D eigenvalue weighted by Gasteiger charge is 2.42. The van der Waals surface area contributed by atoms with Gasteiger partial charge in [-0.25, -0.2) is 4.79 Å². The fraction of sp³-hybridized carbons (Fsp3) is 0.364. The summed E-state index contributed by atoms with van der Waals surface area (Å²) in [5, 5.41) is 8.29. The second-order valence-electron chi connectivity index (χ2n) is 3.29. The molecule has 0 amide bonds. The number of carboxylic acids is 1. The molecular formula is C11H12F2O6. The van der Waals surface area contributed by atoms with Crippen LogP contribution in [-0.2, 0) is 4.79 Å². The predicted octanol–water partition coefficient (Wildman–Crippen LogP) is 1.77. The molecule has 0 unspecified atom stereocenters. The first kappa shape index (κ1) is 14.8. The van der Waals surface area contributed by atoms with Gasteiger partial charge in [0, 0.05) is 12.1 Å². The lowest BCUT2D eigenvalue weighted by molar-refractivity contribution is -0.210. The SMILES string of the molecule is COc1cc(OC(F)(F)C(=O)O)cc(OC)c1OC. The fourth-order valence-corrected chi connectivity index (χ4v) is 1.31. The van der Waals surface area contributed by atoms with Crippen molar-refractivity contribution in [1.29, 1.82) is 0 Å². The van der Waals surface area contributed by atoms with E-state index in [0.717, 1.165) is 12.1 Å². The summed E-state index contributed by atoms with van der Waals surface area (Å²) in [6.45, 7) is 0. The highest BCUT2D eigenvalue weighted by molar-refractivity contribution is 5.74. The summed E-state index contributed by atoms with van der Waals surface area (Å²) >= 11 is 0. The lowest BCUT2D eigenvalue weighted by atomic mass is 10.2. The Morgan fingerprint density at radius 3 is 1.89 bits per heavy atom. The molecule has 19 heavy (non-hydrogen) atoms. The van der Waals surface area contributed by atoms with Crippen LogP contribution in [0.5, 0.6) is 23.0 Å². The number of halogens is 2. The normalized spacial score (nSPS) is 10.8. The third-order valence-electron chi connectivity index (χ3n) is 2.13. The first-order chi connectivity index (χ1) is 8.85. The van der Waals surface area contributed by atoms with Crippen molar-refractivity contribution in [1.82, 2.24) is 0 Å². The second-order valence-corrected chi connectivity index (χ2v) is 3.29. The van der Waals surface area contributed by atoms with E-state index in [0.29, 0.717) is 0 Å². The van der Waals surface area contributed by atoms with E-state index < -0.39 is 17.8 Å². The van der Waals surface area contributed by atoms with Crippen molar-refractivity contribution < 1.29 is 37.6 Å². The van der Waals surface area contributed by atoms with E-state index in [2.05, 4.69) is 4.74 Å². The summed E-state index contributed by atoms with van der Waals surface area (Å²) in [4.78, 5) is 10.3. The van der Waals surface area contributed by atoms with Crippen LogP contribution in [0.2, 0.25) is 0 Å². The number of aliphatic carboxylic acids is 1. The molecule has 1 N–H and O–H groups in total. The molecule has 0 heterocycles. The van der Waals surface area contributed by atoms with Gasteiger partial charge in [-0.2, -0.15) is 8.78 Å². The molecule has 0 aliphatic rings. The number of benzene rings is 1. The number of alkyl halides is 2. The van der Waals surface area contributed by atoms with Crippen LogP contribution < -0.4 is 18.9 Å². The monoisotopic (exact) mass is 278 g/mol. The number of hydrogen-bond acceptors (Lipinski definition) is 5. The van der Waals surface area contributed by atoms with Crippen LogP contribution in [0, 0.1) is 0 Å². The number of ether oxygens (including phenoxy) is 4. The first-order valence-electron chi connectivity index (χ1n) is 4.96. The Hall–Kier alpha value is -2.25. The Balaban J connectivity index is 3.20. The van der Waals surface area contributed by atoms with Gasteiger partial charge in [-0.3, -0.25) is 0 Å². The lowest BCUT2D eigenvalue weighted by Gasteiger charge is -2.17. The third kappa shape index (κ3) is 3.15. The topological polar surface area (TPSA) is 74.2 Å². The maximum absolute atomic E-state index is 13.0. The minimum absolute atomic E-state index is 0.0676. The van der Waals surface area contributed by atoms with Crippen molar-refractivity contribution >= 4 is 5.97 Å². The first-order valence-corrected chi connectivity index (χ1v) is 4.96. The molecule has 0 radical (unpaired) electrons. The van der Waals surface area contributed by atoms with Gasteiger partial charge in [0.05, 0.1) is 21.3 Å². The van der Waals surface area contributed by atoms with Crippen LogP contribution >= 0.6 is 0 Å². The number of carbonyl (C=O) groups is 1. The third-order valence-corrected chi connectivity index (χ3v) is 2.13. The highest BCUT2D eigenvalue weighted by atomic mass is 19.3. The zero-order valence-corrected chi connectivity index (χ0v) is 10.4. The molecule has 0 fully saturated rings. The molecule has 106 valence electrons. The molecule has 0 saturated carbocycles. The summed E-state index contributed by atoms with van der Waals surface area (Å²) in [6.07, 6.45) is -4.36. The Morgan fingerprint density at radius 2 is 1.58 bits per heavy atom. The zero-order chi connectivity index (χ0) is 14.6. The van der Waals surface area contributed by atoms with Gasteiger partial charge >= 0.3 is 12.1 Å². The largest absolute Gasteiger partial charge is 0.501 e. The molecule has 0 aromatic heterocycles. The quantitative estimate of drug-likeness (QED) is 0.854. The van der Waals surface area contributed by atoms with Gasteiger partial charge in [0.2, 0.25) is 5.75 Å². The van der Waals surface area contributed by atoms with Gasteiger partial charge in [0.1, 0.15) is 5.75 Å². The summed E-state index contributed by atoms with van der Waals surface area (Å²) in [5.41, 5.74) is 0. The van der Waals surface area contributed by atoms with Gasteiger partial charge < -0.3 is 24.1 Å². The smallest absolute Gasteiger partial charge is 0.493 e. The van der Waals surface area contributed by atoms with E-state index in [4.69, 9.17) is 19.3 Å². The average molecular weight is 278 g/mol. The number of hydrogen-bond donors (Lipinski definition) is 1. The molecule has 0 saturated heterocycles. The Kier molecular flexibility index (Phi) is 4.36. The molecule has 6 nitrogen and oxygen atoms in total. The van der Waals surface area contributed by atoms with Crippen molar-refractivity contribution in [2.24, 2.45) is 0 Å². The molecule has 1 rings (SSSR count). The maximum Gasteiger partial charge on any atom is 0.501 e. The molecule has 0 aliphatic carbocycles. The summed E-state index contributed by atoms with van der Waals surface area (Å²) in [5.74, 6) is -2.52. The van der Waals surface area contributed by atoms with Crippen LogP contribution in [-0.4, -0.2) is 38.5 Å². The molecule has 0 spiro atoms. The van der Waals surface area contributed by atoms with Gasteiger partial charge in [0.25, 0.3) is 0 Å². The number of carboxylic acid groups (broad SMARTS) is 1. The van der Waals surface area contributed by atoms with E-state index >= 15 is 0 Å². The summed E-state index contributed by atoms with van der Waals surface area (Å²) < 4.78 is 44.8. The van der Waals surface area contributed by atoms with E-state index in [1.807, 2.05) is 0 Å². The van der Waals surface area contributed by atoms with E-state index in [1.54, 1.807) is 0 Å². The van der Waals surface area contributed by atoms with Crippen molar-refractivity contribution in [3.63, 3.8) is 0 Å². The Bertz CT molecular complexity index is 449. The number of rotatable bonds is 6. The maximum atomic E-state index is 13.0. The lowest BCUT2D eigenvalue weighted by Crippen LogP contribution is -2.34. The van der Waals surface area contributed by atoms with Crippen molar-refractivity contribution in [2.75, 3.05) is 21.3 Å². The van der Waals surface area contributed by atoms with E-state index in [1.165, 1.54) is 21.3 Å². The van der Waals surface area contributed by atoms with Crippen molar-refractivity contribution in [3.8, 4) is 23.0 Å². The summed E-state index contributed by atoms with van der Waals surface area (Å²) in [6, 6.07) is 2.14.